The van der Waals surface area contributed by atoms with E-state index in [4.69, 9.17) is 9.73 Å². The lowest BCUT2D eigenvalue weighted by Crippen LogP contribution is -2.45. The fourth-order valence-corrected chi connectivity index (χ4v) is 3.27. The average Bonchev–Trinajstić information content (AvgIpc) is 2.87. The predicted molar refractivity (Wildman–Crippen MR) is 113 cm³/mol. The van der Waals surface area contributed by atoms with Gasteiger partial charge in [-0.25, -0.2) is 4.99 Å². The minimum absolute atomic E-state index is 0.537. The van der Waals surface area contributed by atoms with E-state index in [1.807, 2.05) is 11.6 Å². The van der Waals surface area contributed by atoms with Crippen LogP contribution in [0.2, 0.25) is 0 Å². The molecule has 0 aliphatic heterocycles. The van der Waals surface area contributed by atoms with Crippen LogP contribution in [0.4, 0.5) is 0 Å². The van der Waals surface area contributed by atoms with E-state index in [-0.39, 0.29) is 0 Å². The van der Waals surface area contributed by atoms with Gasteiger partial charge in [0.25, 0.3) is 0 Å². The first-order valence-corrected chi connectivity index (χ1v) is 10.1. The van der Waals surface area contributed by atoms with E-state index >= 15 is 0 Å². The van der Waals surface area contributed by atoms with Crippen LogP contribution in [0.3, 0.4) is 0 Å². The number of guanidine groups is 1. The third-order valence-electron chi connectivity index (χ3n) is 4.77. The van der Waals surface area contributed by atoms with Gasteiger partial charge in [-0.1, -0.05) is 0 Å². The molecule has 0 aliphatic rings. The molecule has 0 radical (unpaired) electrons. The molecule has 0 saturated carbocycles. The zero-order chi connectivity index (χ0) is 20.4. The fraction of sp³-hybridized carbons (Fsp3) is 0.800. The van der Waals surface area contributed by atoms with Gasteiger partial charge in [-0.15, -0.1) is 0 Å². The first-order chi connectivity index (χ1) is 12.8. The van der Waals surface area contributed by atoms with E-state index in [1.165, 1.54) is 5.56 Å². The van der Waals surface area contributed by atoms with Crippen molar-refractivity contribution in [3.63, 3.8) is 0 Å². The van der Waals surface area contributed by atoms with Gasteiger partial charge >= 0.3 is 0 Å². The summed E-state index contributed by atoms with van der Waals surface area (Å²) in [5.41, 5.74) is 3.39. The van der Waals surface area contributed by atoms with Crippen LogP contribution in [0.25, 0.3) is 0 Å². The maximum atomic E-state index is 5.16. The number of rotatable bonds is 11. The third-order valence-corrected chi connectivity index (χ3v) is 4.77. The molecule has 1 aromatic heterocycles. The highest BCUT2D eigenvalue weighted by Crippen LogP contribution is 2.14. The number of aromatic nitrogens is 2. The van der Waals surface area contributed by atoms with Gasteiger partial charge in [-0.05, 0) is 48.5 Å². The van der Waals surface area contributed by atoms with Gasteiger partial charge in [0, 0.05) is 50.1 Å². The Kier molecular flexibility index (Phi) is 10.4. The Bertz CT molecular complexity index is 571. The summed E-state index contributed by atoms with van der Waals surface area (Å²) in [5, 5.41) is 11.4. The Morgan fingerprint density at radius 3 is 2.41 bits per heavy atom. The second-order valence-corrected chi connectivity index (χ2v) is 7.41. The predicted octanol–water partition coefficient (Wildman–Crippen LogP) is 2.32. The maximum Gasteiger partial charge on any atom is 0.191 e. The van der Waals surface area contributed by atoms with Crippen molar-refractivity contribution in [2.24, 2.45) is 4.99 Å². The van der Waals surface area contributed by atoms with Crippen LogP contribution in [0.5, 0.6) is 0 Å². The molecule has 0 aromatic carbocycles. The maximum absolute atomic E-state index is 5.16. The van der Waals surface area contributed by atoms with Crippen molar-refractivity contribution in [1.29, 1.82) is 0 Å². The van der Waals surface area contributed by atoms with Crippen molar-refractivity contribution in [2.45, 2.75) is 73.6 Å². The molecule has 1 aromatic rings. The smallest absolute Gasteiger partial charge is 0.191 e. The van der Waals surface area contributed by atoms with Crippen LogP contribution < -0.4 is 10.6 Å². The molecular formula is C20H40N6O. The summed E-state index contributed by atoms with van der Waals surface area (Å²) in [7, 11) is 1.71. The number of ether oxygens (including phenoxy) is 1. The monoisotopic (exact) mass is 380 g/mol. The van der Waals surface area contributed by atoms with Crippen molar-refractivity contribution in [3.8, 4) is 0 Å². The van der Waals surface area contributed by atoms with Crippen LogP contribution >= 0.6 is 0 Å². The Morgan fingerprint density at radius 2 is 1.85 bits per heavy atom. The zero-order valence-corrected chi connectivity index (χ0v) is 18.6. The quantitative estimate of drug-likeness (QED) is 0.456. The number of nitrogens with zero attached hydrogens (tertiary/aromatic N) is 4. The van der Waals surface area contributed by atoms with E-state index in [0.717, 1.165) is 43.5 Å². The zero-order valence-electron chi connectivity index (χ0n) is 18.6. The van der Waals surface area contributed by atoms with E-state index in [2.05, 4.69) is 62.2 Å². The molecule has 156 valence electrons. The average molecular weight is 381 g/mol. The highest BCUT2D eigenvalue weighted by molar-refractivity contribution is 5.79. The number of aliphatic imine (C=N–C) groups is 1. The number of hydrogen-bond donors (Lipinski definition) is 2. The Balaban J connectivity index is 2.72. The molecule has 0 aliphatic carbocycles. The molecule has 7 heteroatoms. The first-order valence-electron chi connectivity index (χ1n) is 10.1. The highest BCUT2D eigenvalue weighted by atomic mass is 16.5. The third kappa shape index (κ3) is 7.50. The SMILES string of the molecule is CCNC(=NCc1c(C)nn(CCOC)c1C)NCCN(C(C)C)C(C)C. The summed E-state index contributed by atoms with van der Waals surface area (Å²) in [6.07, 6.45) is 0. The lowest BCUT2D eigenvalue weighted by molar-refractivity contribution is 0.178. The number of methoxy groups -OCH3 is 1. The van der Waals surface area contributed by atoms with Crippen molar-refractivity contribution < 1.29 is 4.74 Å². The van der Waals surface area contributed by atoms with Crippen LogP contribution in [0.1, 0.15) is 51.6 Å². The molecule has 0 atom stereocenters. The molecule has 0 bridgehead atoms. The molecule has 1 heterocycles. The topological polar surface area (TPSA) is 66.7 Å². The second kappa shape index (κ2) is 12.0. The van der Waals surface area contributed by atoms with Crippen LogP contribution in [-0.2, 0) is 17.8 Å². The molecule has 2 N–H and O–H groups in total. The minimum Gasteiger partial charge on any atom is -0.383 e. The van der Waals surface area contributed by atoms with Crippen LogP contribution in [-0.4, -0.2) is 66.1 Å². The standard InChI is InChI=1S/C20H40N6O/c1-9-21-20(22-10-11-25(15(2)3)16(4)5)23-14-19-17(6)24-26(18(19)7)12-13-27-8/h15-16H,9-14H2,1-8H3,(H2,21,22,23). The van der Waals surface area contributed by atoms with E-state index in [0.29, 0.717) is 25.2 Å². The summed E-state index contributed by atoms with van der Waals surface area (Å²) in [6, 6.07) is 1.07. The van der Waals surface area contributed by atoms with Gasteiger partial charge in [0.15, 0.2) is 5.96 Å². The van der Waals surface area contributed by atoms with Crippen molar-refractivity contribution >= 4 is 5.96 Å². The molecule has 0 saturated heterocycles. The molecular weight excluding hydrogens is 340 g/mol. The number of hydrogen-bond acceptors (Lipinski definition) is 4. The molecule has 27 heavy (non-hydrogen) atoms. The summed E-state index contributed by atoms with van der Waals surface area (Å²) in [6.45, 7) is 20.0. The molecule has 0 amide bonds. The van der Waals surface area contributed by atoms with E-state index < -0.39 is 0 Å². The van der Waals surface area contributed by atoms with Crippen LogP contribution in [0, 0.1) is 13.8 Å². The van der Waals surface area contributed by atoms with Gasteiger partial charge in [0.2, 0.25) is 0 Å². The van der Waals surface area contributed by atoms with Crippen molar-refractivity contribution in [2.75, 3.05) is 33.4 Å². The van der Waals surface area contributed by atoms with Gasteiger partial charge in [0.05, 0.1) is 25.4 Å². The van der Waals surface area contributed by atoms with Crippen LogP contribution in [0.15, 0.2) is 4.99 Å². The van der Waals surface area contributed by atoms with E-state index in [1.54, 1.807) is 7.11 Å². The molecule has 0 spiro atoms. The molecule has 1 rings (SSSR count). The fourth-order valence-electron chi connectivity index (χ4n) is 3.27. The molecule has 7 nitrogen and oxygen atoms in total. The highest BCUT2D eigenvalue weighted by Gasteiger charge is 2.13. The Hall–Kier alpha value is -1.60. The summed E-state index contributed by atoms with van der Waals surface area (Å²) >= 11 is 0. The van der Waals surface area contributed by atoms with Crippen molar-refractivity contribution in [1.82, 2.24) is 25.3 Å². The lowest BCUT2D eigenvalue weighted by Gasteiger charge is -2.30. The summed E-state index contributed by atoms with van der Waals surface area (Å²) in [4.78, 5) is 7.25. The number of aryl methyl sites for hydroxylation is 1. The normalized spacial score (nSPS) is 12.5. The van der Waals surface area contributed by atoms with Crippen molar-refractivity contribution in [3.05, 3.63) is 17.0 Å². The summed E-state index contributed by atoms with van der Waals surface area (Å²) < 4.78 is 7.17. The Morgan fingerprint density at radius 1 is 1.19 bits per heavy atom. The van der Waals surface area contributed by atoms with Gasteiger partial charge in [-0.2, -0.15) is 5.10 Å². The first kappa shape index (κ1) is 23.4. The Labute approximate surface area is 165 Å². The molecule has 0 unspecified atom stereocenters. The van der Waals surface area contributed by atoms with Gasteiger partial charge < -0.3 is 15.4 Å². The minimum atomic E-state index is 0.537. The second-order valence-electron chi connectivity index (χ2n) is 7.41. The van der Waals surface area contributed by atoms with Gasteiger partial charge in [-0.3, -0.25) is 9.58 Å². The summed E-state index contributed by atoms with van der Waals surface area (Å²) in [5.74, 6) is 0.855. The van der Waals surface area contributed by atoms with Gasteiger partial charge in [0.1, 0.15) is 0 Å². The number of nitrogens with one attached hydrogen (secondary N) is 2. The largest absolute Gasteiger partial charge is 0.383 e. The molecule has 0 fully saturated rings. The lowest BCUT2D eigenvalue weighted by atomic mass is 10.2. The van der Waals surface area contributed by atoms with E-state index in [9.17, 15) is 0 Å².